The number of nitrogens with one attached hydrogen (secondary N) is 1. The van der Waals surface area contributed by atoms with Crippen LogP contribution in [0.4, 0.5) is 5.69 Å². The van der Waals surface area contributed by atoms with E-state index in [0.717, 1.165) is 20.5 Å². The second kappa shape index (κ2) is 5.70. The maximum atomic E-state index is 12.2. The summed E-state index contributed by atoms with van der Waals surface area (Å²) in [5.74, 6) is -1.25. The van der Waals surface area contributed by atoms with Gasteiger partial charge in [-0.3, -0.25) is 4.72 Å². The molecule has 0 atom stereocenters. The largest absolute Gasteiger partial charge is 0.477 e. The van der Waals surface area contributed by atoms with Gasteiger partial charge in [0.2, 0.25) is 0 Å². The van der Waals surface area contributed by atoms with Crippen molar-refractivity contribution in [3.8, 4) is 0 Å². The van der Waals surface area contributed by atoms with E-state index < -0.39 is 16.0 Å². The third-order valence-electron chi connectivity index (χ3n) is 2.54. The number of carboxylic acids is 1. The Hall–Kier alpha value is -1.13. The Morgan fingerprint density at radius 1 is 1.35 bits per heavy atom. The minimum Gasteiger partial charge on any atom is -0.477 e. The molecule has 0 aliphatic rings. The maximum absolute atomic E-state index is 12.2. The number of aromatic carboxylic acids is 1. The maximum Gasteiger partial charge on any atom is 0.347 e. The Labute approximate surface area is 133 Å². The van der Waals surface area contributed by atoms with Crippen LogP contribution in [0.15, 0.2) is 34.5 Å². The van der Waals surface area contributed by atoms with Crippen molar-refractivity contribution in [3.63, 3.8) is 0 Å². The van der Waals surface area contributed by atoms with Gasteiger partial charge in [0.1, 0.15) is 9.77 Å². The standard InChI is InChI=1S/C12H10INO4S2/c1-7-2-3-8(6-9(7)13)14-20(17,18)10-4-5-19-11(10)12(15)16/h2-6,14H,1H3,(H,15,16). The van der Waals surface area contributed by atoms with Crippen LogP contribution in [0.5, 0.6) is 0 Å². The van der Waals surface area contributed by atoms with Crippen molar-refractivity contribution in [3.05, 3.63) is 43.7 Å². The molecular weight excluding hydrogens is 413 g/mol. The summed E-state index contributed by atoms with van der Waals surface area (Å²) in [4.78, 5) is 10.6. The van der Waals surface area contributed by atoms with Crippen molar-refractivity contribution in [2.24, 2.45) is 0 Å². The molecule has 0 aliphatic carbocycles. The minimum atomic E-state index is -3.90. The number of anilines is 1. The Bertz CT molecular complexity index is 768. The molecule has 0 spiro atoms. The monoisotopic (exact) mass is 423 g/mol. The minimum absolute atomic E-state index is 0.195. The number of benzene rings is 1. The highest BCUT2D eigenvalue weighted by atomic mass is 127. The van der Waals surface area contributed by atoms with Crippen LogP contribution in [0.3, 0.4) is 0 Å². The Morgan fingerprint density at radius 2 is 2.05 bits per heavy atom. The van der Waals surface area contributed by atoms with Crippen LogP contribution in [0, 0.1) is 10.5 Å². The van der Waals surface area contributed by atoms with E-state index in [-0.39, 0.29) is 9.77 Å². The fourth-order valence-corrected chi connectivity index (χ4v) is 4.36. The van der Waals surface area contributed by atoms with E-state index in [1.807, 2.05) is 6.92 Å². The number of hydrogen-bond acceptors (Lipinski definition) is 4. The summed E-state index contributed by atoms with van der Waals surface area (Å²) in [7, 11) is -3.90. The van der Waals surface area contributed by atoms with Gasteiger partial charge < -0.3 is 5.11 Å². The van der Waals surface area contributed by atoms with Gasteiger partial charge in [-0.25, -0.2) is 13.2 Å². The average molecular weight is 423 g/mol. The first-order chi connectivity index (χ1) is 9.31. The normalized spacial score (nSPS) is 11.3. The summed E-state index contributed by atoms with van der Waals surface area (Å²) < 4.78 is 27.7. The first kappa shape index (κ1) is 15.3. The predicted octanol–water partition coefficient (Wildman–Crippen LogP) is 3.16. The number of hydrogen-bond donors (Lipinski definition) is 2. The average Bonchev–Trinajstić information content (AvgIpc) is 2.83. The SMILES string of the molecule is Cc1ccc(NS(=O)(=O)c2ccsc2C(=O)O)cc1I. The molecule has 106 valence electrons. The molecule has 0 saturated heterocycles. The number of halogens is 1. The molecule has 2 rings (SSSR count). The lowest BCUT2D eigenvalue weighted by molar-refractivity contribution is 0.0698. The molecule has 5 nitrogen and oxygen atoms in total. The highest BCUT2D eigenvalue weighted by Crippen LogP contribution is 2.25. The lowest BCUT2D eigenvalue weighted by Crippen LogP contribution is -2.15. The molecule has 0 bridgehead atoms. The van der Waals surface area contributed by atoms with E-state index in [2.05, 4.69) is 27.3 Å². The van der Waals surface area contributed by atoms with Gasteiger partial charge in [-0.1, -0.05) is 6.07 Å². The Kier molecular flexibility index (Phi) is 4.35. The van der Waals surface area contributed by atoms with Crippen molar-refractivity contribution in [1.29, 1.82) is 0 Å². The highest BCUT2D eigenvalue weighted by molar-refractivity contribution is 14.1. The van der Waals surface area contributed by atoms with E-state index in [1.54, 1.807) is 18.2 Å². The topological polar surface area (TPSA) is 83.5 Å². The van der Waals surface area contributed by atoms with Crippen LogP contribution in [-0.4, -0.2) is 19.5 Å². The fourth-order valence-electron chi connectivity index (χ4n) is 1.53. The van der Waals surface area contributed by atoms with Crippen LogP contribution >= 0.6 is 33.9 Å². The molecule has 0 radical (unpaired) electrons. The smallest absolute Gasteiger partial charge is 0.347 e. The first-order valence-corrected chi connectivity index (χ1v) is 8.85. The number of thiophene rings is 1. The number of carboxylic acid groups (broad SMARTS) is 1. The molecule has 0 amide bonds. The van der Waals surface area contributed by atoms with Crippen molar-refractivity contribution >= 4 is 55.6 Å². The Balaban J connectivity index is 2.38. The van der Waals surface area contributed by atoms with Crippen LogP contribution in [0.2, 0.25) is 0 Å². The van der Waals surface area contributed by atoms with Gasteiger partial charge in [-0.15, -0.1) is 11.3 Å². The molecule has 2 N–H and O–H groups in total. The summed E-state index contributed by atoms with van der Waals surface area (Å²) in [5, 5.41) is 10.4. The lowest BCUT2D eigenvalue weighted by Gasteiger charge is -2.09. The molecule has 8 heteroatoms. The van der Waals surface area contributed by atoms with Crippen LogP contribution in [-0.2, 0) is 10.0 Å². The van der Waals surface area contributed by atoms with Crippen molar-refractivity contribution in [2.45, 2.75) is 11.8 Å². The quantitative estimate of drug-likeness (QED) is 0.741. The molecule has 0 unspecified atom stereocenters. The molecule has 1 aromatic heterocycles. The van der Waals surface area contributed by atoms with E-state index in [1.165, 1.54) is 11.4 Å². The van der Waals surface area contributed by atoms with Gasteiger partial charge in [-0.2, -0.15) is 0 Å². The van der Waals surface area contributed by atoms with Gasteiger partial charge in [0.15, 0.2) is 0 Å². The summed E-state index contributed by atoms with van der Waals surface area (Å²) in [5.41, 5.74) is 1.44. The van der Waals surface area contributed by atoms with Gasteiger partial charge >= 0.3 is 5.97 Å². The molecule has 2 aromatic rings. The van der Waals surface area contributed by atoms with Crippen molar-refractivity contribution in [1.82, 2.24) is 0 Å². The van der Waals surface area contributed by atoms with Crippen LogP contribution in [0.1, 0.15) is 15.2 Å². The van der Waals surface area contributed by atoms with E-state index >= 15 is 0 Å². The molecule has 1 aromatic carbocycles. The van der Waals surface area contributed by atoms with E-state index in [9.17, 15) is 13.2 Å². The number of rotatable bonds is 4. The summed E-state index contributed by atoms with van der Waals surface area (Å²) in [6, 6.07) is 6.42. The molecule has 1 heterocycles. The molecule has 0 saturated carbocycles. The van der Waals surface area contributed by atoms with Gasteiger partial charge in [0.05, 0.1) is 0 Å². The second-order valence-electron chi connectivity index (χ2n) is 3.99. The lowest BCUT2D eigenvalue weighted by atomic mass is 10.2. The van der Waals surface area contributed by atoms with Crippen molar-refractivity contribution < 1.29 is 18.3 Å². The fraction of sp³-hybridized carbons (Fsp3) is 0.0833. The van der Waals surface area contributed by atoms with Crippen LogP contribution in [0.25, 0.3) is 0 Å². The van der Waals surface area contributed by atoms with Gasteiger partial charge in [-0.05, 0) is 58.7 Å². The molecule has 0 fully saturated rings. The zero-order valence-corrected chi connectivity index (χ0v) is 14.0. The third kappa shape index (κ3) is 3.13. The Morgan fingerprint density at radius 3 is 2.65 bits per heavy atom. The predicted molar refractivity (Wildman–Crippen MR) is 86.0 cm³/mol. The first-order valence-electron chi connectivity index (χ1n) is 5.41. The molecule has 20 heavy (non-hydrogen) atoms. The number of carbonyl (C=O) groups is 1. The third-order valence-corrected chi connectivity index (χ3v) is 6.15. The van der Waals surface area contributed by atoms with E-state index in [4.69, 9.17) is 5.11 Å². The van der Waals surface area contributed by atoms with Crippen LogP contribution < -0.4 is 4.72 Å². The zero-order valence-electron chi connectivity index (χ0n) is 10.3. The summed E-state index contributed by atoms with van der Waals surface area (Å²) >= 11 is 2.99. The molecular formula is C12H10INO4S2. The molecule has 0 aliphatic heterocycles. The van der Waals surface area contributed by atoms with E-state index in [0.29, 0.717) is 5.69 Å². The summed E-state index contributed by atoms with van der Waals surface area (Å²) in [6.45, 7) is 1.92. The summed E-state index contributed by atoms with van der Waals surface area (Å²) in [6.07, 6.45) is 0. The highest BCUT2D eigenvalue weighted by Gasteiger charge is 2.23. The second-order valence-corrected chi connectivity index (χ2v) is 7.72. The number of aryl methyl sites for hydroxylation is 1. The zero-order chi connectivity index (χ0) is 14.9. The van der Waals surface area contributed by atoms with Gasteiger partial charge in [0, 0.05) is 9.26 Å². The van der Waals surface area contributed by atoms with Gasteiger partial charge in [0.25, 0.3) is 10.0 Å². The number of sulfonamides is 1. The van der Waals surface area contributed by atoms with Crippen molar-refractivity contribution in [2.75, 3.05) is 4.72 Å².